The highest BCUT2D eigenvalue weighted by Gasteiger charge is 2.26. The van der Waals surface area contributed by atoms with Crippen LogP contribution in [0.1, 0.15) is 12.8 Å². The van der Waals surface area contributed by atoms with E-state index in [1.165, 1.54) is 0 Å². The second-order valence-corrected chi connectivity index (χ2v) is 5.51. The molecule has 1 aliphatic heterocycles. The van der Waals surface area contributed by atoms with E-state index in [2.05, 4.69) is 4.98 Å². The molecular weight excluding hydrogens is 292 g/mol. The molecule has 5 nitrogen and oxygen atoms in total. The Kier molecular flexibility index (Phi) is 5.59. The Hall–Kier alpha value is -1.59. The van der Waals surface area contributed by atoms with Gasteiger partial charge in [-0.05, 0) is 18.9 Å². The van der Waals surface area contributed by atoms with Crippen LogP contribution in [-0.4, -0.2) is 43.0 Å². The fourth-order valence-electron chi connectivity index (χ4n) is 2.11. The second kappa shape index (κ2) is 7.43. The Labute approximate surface area is 129 Å². The number of carbonyl (C=O) groups excluding carboxylic acids is 1. The molecule has 0 atom stereocenters. The van der Waals surface area contributed by atoms with Crippen LogP contribution in [0, 0.1) is 5.92 Å². The minimum Gasteiger partial charge on any atom is -0.452 e. The van der Waals surface area contributed by atoms with Gasteiger partial charge in [0.25, 0.3) is 0 Å². The van der Waals surface area contributed by atoms with Crippen LogP contribution in [0.2, 0.25) is 5.15 Å². The zero-order valence-corrected chi connectivity index (χ0v) is 13.0. The number of hydrogen-bond donors (Lipinski definition) is 0. The van der Waals surface area contributed by atoms with Gasteiger partial charge in [0.15, 0.2) is 5.76 Å². The Bertz CT molecular complexity index is 525. The van der Waals surface area contributed by atoms with E-state index in [-0.39, 0.29) is 11.7 Å². The highest BCUT2D eigenvalue weighted by molar-refractivity contribution is 6.29. The van der Waals surface area contributed by atoms with Gasteiger partial charge in [-0.25, -0.2) is 4.98 Å². The first-order chi connectivity index (χ1) is 10.1. The average molecular weight is 311 g/mol. The van der Waals surface area contributed by atoms with E-state index in [1.807, 2.05) is 14.1 Å². The lowest BCUT2D eigenvalue weighted by Gasteiger charge is -2.22. The van der Waals surface area contributed by atoms with Gasteiger partial charge in [-0.1, -0.05) is 11.6 Å². The van der Waals surface area contributed by atoms with Gasteiger partial charge < -0.3 is 14.4 Å². The number of pyridine rings is 1. The normalized spacial score (nSPS) is 16.6. The van der Waals surface area contributed by atoms with Gasteiger partial charge >= 0.3 is 0 Å². The summed E-state index contributed by atoms with van der Waals surface area (Å²) in [6, 6.07) is 3.26. The van der Waals surface area contributed by atoms with Crippen molar-refractivity contribution in [2.75, 3.05) is 27.3 Å². The number of carbonyl (C=O) groups is 1. The van der Waals surface area contributed by atoms with Crippen molar-refractivity contribution in [3.8, 4) is 5.75 Å². The van der Waals surface area contributed by atoms with Crippen molar-refractivity contribution >= 4 is 17.4 Å². The van der Waals surface area contributed by atoms with Crippen molar-refractivity contribution in [1.82, 2.24) is 9.88 Å². The fraction of sp³-hybridized carbons (Fsp3) is 0.467. The molecule has 0 aromatic carbocycles. The molecule has 0 saturated carbocycles. The van der Waals surface area contributed by atoms with Gasteiger partial charge in [0.2, 0.25) is 5.78 Å². The summed E-state index contributed by atoms with van der Waals surface area (Å²) in [5.41, 5.74) is 0. The quantitative estimate of drug-likeness (QED) is 0.475. The summed E-state index contributed by atoms with van der Waals surface area (Å²) >= 11 is 5.84. The van der Waals surface area contributed by atoms with Gasteiger partial charge in [-0.3, -0.25) is 4.79 Å². The maximum atomic E-state index is 12.6. The van der Waals surface area contributed by atoms with Crippen LogP contribution in [-0.2, 0) is 9.53 Å². The molecule has 0 spiro atoms. The summed E-state index contributed by atoms with van der Waals surface area (Å²) in [7, 11) is 3.69. The molecule has 0 N–H and O–H groups in total. The van der Waals surface area contributed by atoms with Crippen molar-refractivity contribution < 1.29 is 14.3 Å². The van der Waals surface area contributed by atoms with Crippen molar-refractivity contribution in [1.29, 1.82) is 0 Å². The smallest absolute Gasteiger partial charge is 0.202 e. The van der Waals surface area contributed by atoms with Crippen molar-refractivity contribution in [2.45, 2.75) is 12.8 Å². The molecule has 1 fully saturated rings. The summed E-state index contributed by atoms with van der Waals surface area (Å²) < 4.78 is 11.0. The predicted octanol–water partition coefficient (Wildman–Crippen LogP) is 2.51. The third-order valence-corrected chi connectivity index (χ3v) is 3.34. The third-order valence-electron chi connectivity index (χ3n) is 3.14. The van der Waals surface area contributed by atoms with E-state index in [0.29, 0.717) is 29.9 Å². The monoisotopic (exact) mass is 310 g/mol. The van der Waals surface area contributed by atoms with E-state index in [0.717, 1.165) is 12.8 Å². The molecule has 6 heteroatoms. The van der Waals surface area contributed by atoms with Gasteiger partial charge in [0.1, 0.15) is 10.9 Å². The van der Waals surface area contributed by atoms with E-state index < -0.39 is 0 Å². The third kappa shape index (κ3) is 4.72. The van der Waals surface area contributed by atoms with E-state index in [4.69, 9.17) is 21.1 Å². The zero-order valence-electron chi connectivity index (χ0n) is 12.2. The summed E-state index contributed by atoms with van der Waals surface area (Å²) in [4.78, 5) is 18.3. The molecule has 2 heterocycles. The molecule has 21 heavy (non-hydrogen) atoms. The maximum Gasteiger partial charge on any atom is 0.202 e. The number of Topliss-reactive ketones (excluding diaryl/α,β-unsaturated/α-hetero) is 1. The van der Waals surface area contributed by atoms with Crippen molar-refractivity contribution in [3.63, 3.8) is 0 Å². The number of ether oxygens (including phenoxy) is 2. The van der Waals surface area contributed by atoms with Gasteiger partial charge in [0.05, 0.1) is 0 Å². The SMILES string of the molecule is CN(C)/C=C(\Oc1ccnc(Cl)c1)C(=O)C1CCOCC1. The highest BCUT2D eigenvalue weighted by atomic mass is 35.5. The topological polar surface area (TPSA) is 51.7 Å². The lowest BCUT2D eigenvalue weighted by molar-refractivity contribution is -0.124. The fourth-order valence-corrected chi connectivity index (χ4v) is 2.27. The molecular formula is C15H19ClN2O3. The van der Waals surface area contributed by atoms with Crippen LogP contribution in [0.4, 0.5) is 0 Å². The minimum absolute atomic E-state index is 0.0000605. The first-order valence-electron chi connectivity index (χ1n) is 6.86. The van der Waals surface area contributed by atoms with Crippen LogP contribution in [0.3, 0.4) is 0 Å². The molecule has 1 aromatic heterocycles. The van der Waals surface area contributed by atoms with E-state index >= 15 is 0 Å². The number of halogens is 1. The van der Waals surface area contributed by atoms with Gasteiger partial charge in [-0.2, -0.15) is 0 Å². The number of aromatic nitrogens is 1. The van der Waals surface area contributed by atoms with Gasteiger partial charge in [-0.15, -0.1) is 0 Å². The van der Waals surface area contributed by atoms with E-state index in [1.54, 1.807) is 29.4 Å². The Morgan fingerprint density at radius 2 is 2.19 bits per heavy atom. The summed E-state index contributed by atoms with van der Waals surface area (Å²) in [6.07, 6.45) is 4.68. The number of allylic oxidation sites excluding steroid dienone is 1. The van der Waals surface area contributed by atoms with Crippen LogP contribution in [0.15, 0.2) is 30.3 Å². The number of rotatable bonds is 5. The summed E-state index contributed by atoms with van der Waals surface area (Å²) in [5.74, 6) is 0.764. The predicted molar refractivity (Wildman–Crippen MR) is 80.2 cm³/mol. The Morgan fingerprint density at radius 1 is 1.48 bits per heavy atom. The molecule has 0 radical (unpaired) electrons. The number of nitrogens with zero attached hydrogens (tertiary/aromatic N) is 2. The molecule has 0 unspecified atom stereocenters. The summed E-state index contributed by atoms with van der Waals surface area (Å²) in [6.45, 7) is 1.24. The molecule has 0 bridgehead atoms. The second-order valence-electron chi connectivity index (χ2n) is 5.12. The Balaban J connectivity index is 2.16. The largest absolute Gasteiger partial charge is 0.452 e. The molecule has 1 saturated heterocycles. The number of hydrogen-bond acceptors (Lipinski definition) is 5. The van der Waals surface area contributed by atoms with Crippen LogP contribution in [0.5, 0.6) is 5.75 Å². The van der Waals surface area contributed by atoms with E-state index in [9.17, 15) is 4.79 Å². The molecule has 0 amide bonds. The molecule has 1 aliphatic rings. The molecule has 2 rings (SSSR count). The minimum atomic E-state index is -0.0535. The molecule has 1 aromatic rings. The van der Waals surface area contributed by atoms with Crippen LogP contribution in [0.25, 0.3) is 0 Å². The summed E-state index contributed by atoms with van der Waals surface area (Å²) in [5, 5.41) is 0.329. The number of ketones is 1. The Morgan fingerprint density at radius 3 is 2.81 bits per heavy atom. The lowest BCUT2D eigenvalue weighted by Crippen LogP contribution is -2.27. The highest BCUT2D eigenvalue weighted by Crippen LogP contribution is 2.23. The first-order valence-corrected chi connectivity index (χ1v) is 7.23. The van der Waals surface area contributed by atoms with Crippen LogP contribution >= 0.6 is 11.6 Å². The van der Waals surface area contributed by atoms with Crippen molar-refractivity contribution in [2.24, 2.45) is 5.92 Å². The van der Waals surface area contributed by atoms with Crippen LogP contribution < -0.4 is 4.74 Å². The zero-order chi connectivity index (χ0) is 15.2. The standard InChI is InChI=1S/C15H19ClN2O3/c1-18(2)10-13(15(19)11-4-7-20-8-5-11)21-12-3-6-17-14(16)9-12/h3,6,9-11H,4-5,7-8H2,1-2H3/b13-10-. The van der Waals surface area contributed by atoms with Crippen molar-refractivity contribution in [3.05, 3.63) is 35.4 Å². The lowest BCUT2D eigenvalue weighted by atomic mass is 9.94. The van der Waals surface area contributed by atoms with Gasteiger partial charge in [0, 0.05) is 51.7 Å². The average Bonchev–Trinajstić information content (AvgIpc) is 2.46. The molecule has 0 aliphatic carbocycles. The first kappa shape index (κ1) is 15.8. The maximum absolute atomic E-state index is 12.6. The molecule has 114 valence electrons.